The highest BCUT2D eigenvalue weighted by molar-refractivity contribution is 7.45. The Morgan fingerprint density at radius 2 is 0.643 bits per heavy atom. The van der Waals surface area contributed by atoms with Gasteiger partial charge in [0, 0.05) is 12.8 Å². The lowest BCUT2D eigenvalue weighted by Gasteiger charge is -2.28. The van der Waals surface area contributed by atoms with Crippen LogP contribution in [0.3, 0.4) is 0 Å². The molecule has 0 amide bonds. The molecule has 0 spiro atoms. The van der Waals surface area contributed by atoms with Gasteiger partial charge >= 0.3 is 11.9 Å². The van der Waals surface area contributed by atoms with Gasteiger partial charge in [0.15, 0.2) is 6.10 Å². The van der Waals surface area contributed by atoms with Crippen LogP contribution >= 0.6 is 7.82 Å². The summed E-state index contributed by atoms with van der Waals surface area (Å²) in [6, 6.07) is 0. The molecule has 2 atom stereocenters. The molecule has 0 bridgehead atoms. The highest BCUT2D eigenvalue weighted by Crippen LogP contribution is 2.38. The fourth-order valence-corrected chi connectivity index (χ4v) is 9.77. The molecule has 0 aliphatic rings. The molecule has 84 heavy (non-hydrogen) atoms. The van der Waals surface area contributed by atoms with Gasteiger partial charge in [0.1, 0.15) is 19.8 Å². The maximum Gasteiger partial charge on any atom is 0.306 e. The van der Waals surface area contributed by atoms with Crippen molar-refractivity contribution < 1.29 is 42.1 Å². The number of hydrogen-bond acceptors (Lipinski definition) is 8. The fourth-order valence-electron chi connectivity index (χ4n) is 9.04. The van der Waals surface area contributed by atoms with Crippen LogP contribution in [-0.4, -0.2) is 70.0 Å². The number of ether oxygens (including phenoxy) is 2. The van der Waals surface area contributed by atoms with E-state index in [1.165, 1.54) is 135 Å². The van der Waals surface area contributed by atoms with Crippen molar-refractivity contribution in [1.82, 2.24) is 0 Å². The average molecular weight is 1190 g/mol. The van der Waals surface area contributed by atoms with Crippen LogP contribution in [0.4, 0.5) is 0 Å². The molecule has 9 nitrogen and oxygen atoms in total. The molecule has 0 aromatic heterocycles. The van der Waals surface area contributed by atoms with Crippen LogP contribution < -0.4 is 4.89 Å². The number of unbranched alkanes of at least 4 members (excludes halogenated alkanes) is 25. The van der Waals surface area contributed by atoms with Crippen LogP contribution in [0.2, 0.25) is 0 Å². The standard InChI is InChI=1S/C74H126NO8P/c1-6-8-10-12-14-16-18-20-22-24-26-28-29-30-31-32-33-34-35-36-37-38-39-40-41-42-43-44-45-47-48-50-52-54-56-58-60-62-64-66-73(76)80-70-72(71-82-84(78,79)81-69-68-75(3,4)5)83-74(77)67-65-63-61-59-57-55-53-51-49-46-27-25-23-21-19-17-15-13-11-9-7-2/h8-11,14-17,20-23,26-28,30-31,46,51,53,57,59,72H,6-7,12-13,18-19,24-25,29,32-45,47-50,52,54-56,58,60-71H2,1-5H3/b10-8-,11-9-,16-14-,17-15-,22-20-,23-21-,28-26-,31-30-,46-27-,53-51-,59-57-. The third-order valence-electron chi connectivity index (χ3n) is 14.2. The van der Waals surface area contributed by atoms with Gasteiger partial charge in [-0.25, -0.2) is 0 Å². The van der Waals surface area contributed by atoms with Gasteiger partial charge in [0.05, 0.1) is 27.7 Å². The zero-order valence-electron chi connectivity index (χ0n) is 54.6. The van der Waals surface area contributed by atoms with E-state index in [0.717, 1.165) is 103 Å². The van der Waals surface area contributed by atoms with Gasteiger partial charge in [0.2, 0.25) is 0 Å². The van der Waals surface area contributed by atoms with Gasteiger partial charge in [-0.15, -0.1) is 0 Å². The Labute approximate surface area is 517 Å². The van der Waals surface area contributed by atoms with Crippen LogP contribution in [0.1, 0.15) is 271 Å². The first-order valence-electron chi connectivity index (χ1n) is 33.9. The molecular weight excluding hydrogens is 1060 g/mol. The Morgan fingerprint density at radius 3 is 0.976 bits per heavy atom. The van der Waals surface area contributed by atoms with E-state index in [1.54, 1.807) is 0 Å². The maximum atomic E-state index is 12.8. The van der Waals surface area contributed by atoms with Crippen molar-refractivity contribution in [3.63, 3.8) is 0 Å². The lowest BCUT2D eigenvalue weighted by Crippen LogP contribution is -2.37. The quantitative estimate of drug-likeness (QED) is 0.0195. The highest BCUT2D eigenvalue weighted by atomic mass is 31.2. The molecule has 0 rings (SSSR count). The first kappa shape index (κ1) is 80.2. The van der Waals surface area contributed by atoms with Crippen molar-refractivity contribution >= 4 is 19.8 Å². The molecule has 0 fully saturated rings. The number of hydrogen-bond donors (Lipinski definition) is 0. The fraction of sp³-hybridized carbons (Fsp3) is 0.676. The molecule has 10 heteroatoms. The normalized spacial score (nSPS) is 14.0. The van der Waals surface area contributed by atoms with E-state index in [2.05, 4.69) is 148 Å². The number of phosphoric ester groups is 1. The largest absolute Gasteiger partial charge is 0.756 e. The van der Waals surface area contributed by atoms with Gasteiger partial charge in [-0.05, 0) is 109 Å². The zero-order chi connectivity index (χ0) is 61.2. The number of likely N-dealkylation sites (N-methyl/N-ethyl adjacent to an activating group) is 1. The molecule has 0 aromatic rings. The van der Waals surface area contributed by atoms with Crippen molar-refractivity contribution in [1.29, 1.82) is 0 Å². The summed E-state index contributed by atoms with van der Waals surface area (Å²) in [6.07, 6.45) is 92.6. The second kappa shape index (κ2) is 63.6. The Bertz CT molecular complexity index is 1880. The molecule has 2 unspecified atom stereocenters. The van der Waals surface area contributed by atoms with Crippen molar-refractivity contribution in [2.45, 2.75) is 277 Å². The first-order valence-corrected chi connectivity index (χ1v) is 35.4. The van der Waals surface area contributed by atoms with E-state index >= 15 is 0 Å². The van der Waals surface area contributed by atoms with Gasteiger partial charge < -0.3 is 27.9 Å². The topological polar surface area (TPSA) is 111 Å². The van der Waals surface area contributed by atoms with E-state index in [0.29, 0.717) is 17.4 Å². The molecule has 0 aliphatic heterocycles. The summed E-state index contributed by atoms with van der Waals surface area (Å²) in [5, 5.41) is 0. The van der Waals surface area contributed by atoms with E-state index in [4.69, 9.17) is 18.5 Å². The van der Waals surface area contributed by atoms with E-state index in [9.17, 15) is 19.0 Å². The molecule has 0 radical (unpaired) electrons. The Hall–Kier alpha value is -3.85. The third kappa shape index (κ3) is 67.3. The number of esters is 2. The monoisotopic (exact) mass is 1190 g/mol. The van der Waals surface area contributed by atoms with Crippen LogP contribution in [0.5, 0.6) is 0 Å². The number of carbonyl (C=O) groups is 2. The molecule has 0 heterocycles. The minimum absolute atomic E-state index is 0.0444. The number of phosphoric acid groups is 1. The number of nitrogens with zero attached hydrogens (tertiary/aromatic N) is 1. The van der Waals surface area contributed by atoms with Crippen LogP contribution in [0.25, 0.3) is 0 Å². The average Bonchev–Trinajstić information content (AvgIpc) is 3.61. The Balaban J connectivity index is 4.01. The summed E-state index contributed by atoms with van der Waals surface area (Å²) in [5.41, 5.74) is 0. The first-order chi connectivity index (χ1) is 41.0. The number of allylic oxidation sites excluding steroid dienone is 22. The summed E-state index contributed by atoms with van der Waals surface area (Å²) in [5.74, 6) is -0.884. The summed E-state index contributed by atoms with van der Waals surface area (Å²) in [6.45, 7) is 3.96. The maximum absolute atomic E-state index is 12.8. The van der Waals surface area contributed by atoms with Crippen molar-refractivity contribution in [3.05, 3.63) is 134 Å². The zero-order valence-corrected chi connectivity index (χ0v) is 55.4. The Morgan fingerprint density at radius 1 is 0.369 bits per heavy atom. The SMILES string of the molecule is CC/C=C\C/C=C\C/C=C\C/C=C\C/C=C\C/C=C\CCCCC(=O)OC(COC(=O)CCCCCCCCCCCCCCCCCCCCCCCCC/C=C\C/C=C\C/C=C\C/C=C\C/C=C\CC)COP(=O)([O-])OCC[N+](C)(C)C. The molecule has 0 saturated carbocycles. The summed E-state index contributed by atoms with van der Waals surface area (Å²) >= 11 is 0. The van der Waals surface area contributed by atoms with Gasteiger partial charge in [-0.1, -0.05) is 282 Å². The van der Waals surface area contributed by atoms with Gasteiger partial charge in [-0.2, -0.15) is 0 Å². The predicted molar refractivity (Wildman–Crippen MR) is 360 cm³/mol. The number of carbonyl (C=O) groups excluding carboxylic acids is 2. The van der Waals surface area contributed by atoms with Crippen LogP contribution in [-0.2, 0) is 32.7 Å². The Kier molecular flexibility index (Phi) is 60.7. The smallest absolute Gasteiger partial charge is 0.306 e. The van der Waals surface area contributed by atoms with E-state index in [-0.39, 0.29) is 26.1 Å². The molecule has 0 saturated heterocycles. The van der Waals surface area contributed by atoms with Crippen molar-refractivity contribution in [2.75, 3.05) is 47.5 Å². The lowest BCUT2D eigenvalue weighted by molar-refractivity contribution is -0.870. The van der Waals surface area contributed by atoms with Crippen molar-refractivity contribution in [2.24, 2.45) is 0 Å². The minimum atomic E-state index is -4.66. The summed E-state index contributed by atoms with van der Waals surface area (Å²) in [7, 11) is 1.13. The molecule has 480 valence electrons. The second-order valence-electron chi connectivity index (χ2n) is 23.4. The van der Waals surface area contributed by atoms with Gasteiger partial charge in [0.25, 0.3) is 7.82 Å². The number of rotatable bonds is 61. The lowest BCUT2D eigenvalue weighted by atomic mass is 10.0. The van der Waals surface area contributed by atoms with Crippen LogP contribution in [0, 0.1) is 0 Å². The van der Waals surface area contributed by atoms with Crippen molar-refractivity contribution in [3.8, 4) is 0 Å². The summed E-state index contributed by atoms with van der Waals surface area (Å²) < 4.78 is 34.2. The summed E-state index contributed by atoms with van der Waals surface area (Å²) in [4.78, 5) is 38.0. The second-order valence-corrected chi connectivity index (χ2v) is 24.8. The third-order valence-corrected chi connectivity index (χ3v) is 15.1. The highest BCUT2D eigenvalue weighted by Gasteiger charge is 2.22. The van der Waals surface area contributed by atoms with Crippen LogP contribution in [0.15, 0.2) is 134 Å². The molecular formula is C74H126NO8P. The van der Waals surface area contributed by atoms with Gasteiger partial charge in [-0.3, -0.25) is 14.2 Å². The predicted octanol–water partition coefficient (Wildman–Crippen LogP) is 21.4. The van der Waals surface area contributed by atoms with E-state index < -0.39 is 32.5 Å². The minimum Gasteiger partial charge on any atom is -0.756 e. The van der Waals surface area contributed by atoms with E-state index in [1.807, 2.05) is 21.1 Å². The molecule has 0 aliphatic carbocycles. The molecule has 0 N–H and O–H groups in total. The number of quaternary nitrogens is 1. The molecule has 0 aromatic carbocycles.